The quantitative estimate of drug-likeness (QED) is 0.672. The second-order valence-corrected chi connectivity index (χ2v) is 10.7. The molecule has 1 heterocycles. The van der Waals surface area contributed by atoms with Crippen molar-refractivity contribution in [1.29, 1.82) is 0 Å². The van der Waals surface area contributed by atoms with E-state index < -0.39 is 7.92 Å². The van der Waals surface area contributed by atoms with Crippen molar-refractivity contribution in [3.05, 3.63) is 42.5 Å². The van der Waals surface area contributed by atoms with Crippen molar-refractivity contribution in [3.63, 3.8) is 0 Å². The van der Waals surface area contributed by atoms with E-state index in [1.54, 1.807) is 7.11 Å². The first kappa shape index (κ1) is 17.3. The van der Waals surface area contributed by atoms with Crippen molar-refractivity contribution in [1.82, 2.24) is 0 Å². The highest BCUT2D eigenvalue weighted by molar-refractivity contribution is 7.68. The second-order valence-electron chi connectivity index (χ2n) is 7.65. The molecule has 2 nitrogen and oxygen atoms in total. The normalized spacial score (nSPS) is 20.0. The summed E-state index contributed by atoms with van der Waals surface area (Å²) in [6, 6.07) is 14.7. The van der Waals surface area contributed by atoms with Gasteiger partial charge in [0.2, 0.25) is 0 Å². The Bertz CT molecular complexity index is 731. The van der Waals surface area contributed by atoms with Crippen LogP contribution >= 0.6 is 7.92 Å². The molecule has 1 unspecified atom stereocenters. The Morgan fingerprint density at radius 1 is 1.00 bits per heavy atom. The molecule has 0 radical (unpaired) electrons. The minimum atomic E-state index is -0.444. The van der Waals surface area contributed by atoms with Crippen LogP contribution in [0.1, 0.15) is 34.6 Å². The summed E-state index contributed by atoms with van der Waals surface area (Å²) in [6.07, 6.45) is 0. The van der Waals surface area contributed by atoms with E-state index in [4.69, 9.17) is 9.47 Å². The zero-order valence-corrected chi connectivity index (χ0v) is 16.4. The van der Waals surface area contributed by atoms with Crippen LogP contribution in [0.4, 0.5) is 0 Å². The Kier molecular flexibility index (Phi) is 4.62. The first-order chi connectivity index (χ1) is 11.3. The summed E-state index contributed by atoms with van der Waals surface area (Å²) >= 11 is 0. The van der Waals surface area contributed by atoms with Crippen molar-refractivity contribution < 1.29 is 9.47 Å². The van der Waals surface area contributed by atoms with Gasteiger partial charge in [-0.3, -0.25) is 0 Å². The Morgan fingerprint density at radius 2 is 1.67 bits per heavy atom. The highest BCUT2D eigenvalue weighted by atomic mass is 31.1. The van der Waals surface area contributed by atoms with Gasteiger partial charge in [0, 0.05) is 10.9 Å². The molecule has 0 aliphatic carbocycles. The fraction of sp³-hybridized carbons (Fsp3) is 0.429. The lowest BCUT2D eigenvalue weighted by Crippen LogP contribution is -2.27. The van der Waals surface area contributed by atoms with Gasteiger partial charge in [-0.05, 0) is 36.7 Å². The molecule has 3 heteroatoms. The van der Waals surface area contributed by atoms with Gasteiger partial charge in [0.05, 0.1) is 7.11 Å². The van der Waals surface area contributed by atoms with Gasteiger partial charge >= 0.3 is 0 Å². The van der Waals surface area contributed by atoms with Gasteiger partial charge in [0.15, 0.2) is 0 Å². The molecule has 0 saturated heterocycles. The summed E-state index contributed by atoms with van der Waals surface area (Å²) in [6.45, 7) is 11.5. The summed E-state index contributed by atoms with van der Waals surface area (Å²) in [5, 5.41) is 1.58. The van der Waals surface area contributed by atoms with Gasteiger partial charge < -0.3 is 9.47 Å². The summed E-state index contributed by atoms with van der Waals surface area (Å²) in [5.74, 6) is 2.74. The van der Waals surface area contributed by atoms with Crippen LogP contribution < -0.4 is 14.8 Å². The first-order valence-electron chi connectivity index (χ1n) is 8.57. The molecular formula is C21H27O2P. The molecule has 2 atom stereocenters. The van der Waals surface area contributed by atoms with Crippen LogP contribution in [0.3, 0.4) is 0 Å². The topological polar surface area (TPSA) is 18.5 Å². The standard InChI is InChI=1S/C21H27O2P/c1-14(2)20-23-18-13-9-11-16(19(18)24(20)21(3,4)5)15-10-7-8-12-17(15)22-6/h7-14,20H,1-6H3/t20-,24?/m1/s1. The van der Waals surface area contributed by atoms with Crippen LogP contribution in [0, 0.1) is 5.92 Å². The number of para-hydroxylation sites is 1. The molecule has 2 aromatic rings. The average Bonchev–Trinajstić information content (AvgIpc) is 2.94. The molecule has 0 N–H and O–H groups in total. The number of hydrogen-bond acceptors (Lipinski definition) is 2. The summed E-state index contributed by atoms with van der Waals surface area (Å²) in [4.78, 5) is 0. The molecular weight excluding hydrogens is 315 g/mol. The molecule has 0 fully saturated rings. The summed E-state index contributed by atoms with van der Waals surface area (Å²) < 4.78 is 12.1. The number of methoxy groups -OCH3 is 1. The van der Waals surface area contributed by atoms with Crippen LogP contribution in [-0.4, -0.2) is 18.1 Å². The van der Waals surface area contributed by atoms with E-state index in [0.717, 1.165) is 17.1 Å². The average molecular weight is 342 g/mol. The van der Waals surface area contributed by atoms with Crippen LogP contribution in [-0.2, 0) is 0 Å². The molecule has 0 bridgehead atoms. The van der Waals surface area contributed by atoms with Gasteiger partial charge in [0.25, 0.3) is 0 Å². The fourth-order valence-electron chi connectivity index (χ4n) is 3.41. The zero-order chi connectivity index (χ0) is 17.5. The van der Waals surface area contributed by atoms with E-state index in [2.05, 4.69) is 65.0 Å². The van der Waals surface area contributed by atoms with Crippen molar-refractivity contribution in [2.75, 3.05) is 7.11 Å². The van der Waals surface area contributed by atoms with Crippen molar-refractivity contribution in [3.8, 4) is 22.6 Å². The largest absolute Gasteiger partial charge is 0.496 e. The van der Waals surface area contributed by atoms with E-state index >= 15 is 0 Å². The van der Waals surface area contributed by atoms with Gasteiger partial charge in [-0.15, -0.1) is 0 Å². The Hall–Kier alpha value is -1.53. The van der Waals surface area contributed by atoms with Crippen LogP contribution in [0.2, 0.25) is 0 Å². The van der Waals surface area contributed by atoms with E-state index in [1.165, 1.54) is 10.9 Å². The zero-order valence-electron chi connectivity index (χ0n) is 15.5. The monoisotopic (exact) mass is 342 g/mol. The van der Waals surface area contributed by atoms with Crippen molar-refractivity contribution >= 4 is 13.2 Å². The molecule has 1 aliphatic heterocycles. The van der Waals surface area contributed by atoms with E-state index in [9.17, 15) is 0 Å². The smallest absolute Gasteiger partial charge is 0.128 e. The highest BCUT2D eigenvalue weighted by Gasteiger charge is 2.44. The van der Waals surface area contributed by atoms with Gasteiger partial charge in [0.1, 0.15) is 17.3 Å². The number of fused-ring (bicyclic) bond motifs is 1. The van der Waals surface area contributed by atoms with Crippen LogP contribution in [0.5, 0.6) is 11.5 Å². The molecule has 1 aliphatic rings. The van der Waals surface area contributed by atoms with Gasteiger partial charge in [-0.2, -0.15) is 0 Å². The van der Waals surface area contributed by atoms with E-state index in [-0.39, 0.29) is 11.0 Å². The summed E-state index contributed by atoms with van der Waals surface area (Å²) in [5.41, 5.74) is 2.41. The maximum atomic E-state index is 6.43. The van der Waals surface area contributed by atoms with E-state index in [0.29, 0.717) is 5.92 Å². The second kappa shape index (κ2) is 6.41. The lowest BCUT2D eigenvalue weighted by molar-refractivity contribution is 0.240. The number of rotatable bonds is 3. The lowest BCUT2D eigenvalue weighted by atomic mass is 10.0. The lowest BCUT2D eigenvalue weighted by Gasteiger charge is -2.34. The molecule has 0 amide bonds. The molecule has 3 rings (SSSR count). The molecule has 0 saturated carbocycles. The highest BCUT2D eigenvalue weighted by Crippen LogP contribution is 2.61. The number of benzene rings is 2. The summed E-state index contributed by atoms with van der Waals surface area (Å²) in [7, 11) is 1.29. The molecule has 0 aromatic heterocycles. The minimum absolute atomic E-state index is 0.188. The predicted molar refractivity (Wildman–Crippen MR) is 104 cm³/mol. The third-order valence-electron chi connectivity index (χ3n) is 4.43. The van der Waals surface area contributed by atoms with Crippen LogP contribution in [0.15, 0.2) is 42.5 Å². The molecule has 24 heavy (non-hydrogen) atoms. The number of ether oxygens (including phenoxy) is 2. The Labute approximate surface area is 146 Å². The molecule has 0 spiro atoms. The van der Waals surface area contributed by atoms with Crippen molar-refractivity contribution in [2.24, 2.45) is 5.92 Å². The van der Waals surface area contributed by atoms with Crippen molar-refractivity contribution in [2.45, 2.75) is 45.6 Å². The van der Waals surface area contributed by atoms with Gasteiger partial charge in [-0.25, -0.2) is 0 Å². The Morgan fingerprint density at radius 3 is 2.29 bits per heavy atom. The number of hydrogen-bond donors (Lipinski definition) is 0. The third-order valence-corrected chi connectivity index (χ3v) is 8.03. The first-order valence-corrected chi connectivity index (χ1v) is 9.98. The van der Waals surface area contributed by atoms with Crippen LogP contribution in [0.25, 0.3) is 11.1 Å². The molecule has 2 aromatic carbocycles. The fourth-order valence-corrected chi connectivity index (χ4v) is 6.73. The van der Waals surface area contributed by atoms with E-state index in [1.807, 2.05) is 12.1 Å². The maximum Gasteiger partial charge on any atom is 0.128 e. The van der Waals surface area contributed by atoms with Gasteiger partial charge in [-0.1, -0.05) is 65.0 Å². The maximum absolute atomic E-state index is 6.43. The SMILES string of the molecule is COc1ccccc1-c1cccc2c1P(C(C)(C)C)[C@H](C(C)C)O2. The predicted octanol–water partition coefficient (Wildman–Crippen LogP) is 5.64. The molecule has 128 valence electrons. The minimum Gasteiger partial charge on any atom is -0.496 e. The Balaban J connectivity index is 2.23. The third kappa shape index (κ3) is 2.93.